The van der Waals surface area contributed by atoms with Crippen LogP contribution in [0.15, 0.2) is 30.6 Å². The van der Waals surface area contributed by atoms with Crippen molar-refractivity contribution in [2.45, 2.75) is 38.5 Å². The zero-order valence-electron chi connectivity index (χ0n) is 12.1. The van der Waals surface area contributed by atoms with Crippen molar-refractivity contribution in [3.63, 3.8) is 0 Å². The molecule has 0 aliphatic heterocycles. The minimum atomic E-state index is -0.734. The summed E-state index contributed by atoms with van der Waals surface area (Å²) in [5, 5.41) is 11.3. The summed E-state index contributed by atoms with van der Waals surface area (Å²) < 4.78 is 0. The van der Waals surface area contributed by atoms with Crippen LogP contribution in [0.4, 0.5) is 0 Å². The summed E-state index contributed by atoms with van der Waals surface area (Å²) in [7, 11) is 0. The van der Waals surface area contributed by atoms with Crippen molar-refractivity contribution in [3.8, 4) is 0 Å². The van der Waals surface area contributed by atoms with Crippen LogP contribution < -0.4 is 5.32 Å². The van der Waals surface area contributed by atoms with Crippen LogP contribution in [0.25, 0.3) is 6.08 Å². The molecular formula is C16H22N2O3. The van der Waals surface area contributed by atoms with Crippen LogP contribution in [-0.2, 0) is 9.59 Å². The predicted octanol–water partition coefficient (Wildman–Crippen LogP) is 2.64. The minimum Gasteiger partial charge on any atom is -0.481 e. The van der Waals surface area contributed by atoms with Gasteiger partial charge in [0, 0.05) is 31.4 Å². The third-order valence-electron chi connectivity index (χ3n) is 2.98. The molecule has 114 valence electrons. The molecule has 0 saturated heterocycles. The Hall–Kier alpha value is -2.17. The number of rotatable bonds is 10. The molecule has 5 heteroatoms. The van der Waals surface area contributed by atoms with Crippen molar-refractivity contribution in [1.29, 1.82) is 0 Å². The molecule has 5 nitrogen and oxygen atoms in total. The van der Waals surface area contributed by atoms with Gasteiger partial charge in [-0.25, -0.2) is 0 Å². The van der Waals surface area contributed by atoms with Crippen molar-refractivity contribution in [2.75, 3.05) is 6.54 Å². The zero-order valence-corrected chi connectivity index (χ0v) is 12.1. The Morgan fingerprint density at radius 2 is 1.95 bits per heavy atom. The molecule has 1 aromatic heterocycles. The molecular weight excluding hydrogens is 268 g/mol. The van der Waals surface area contributed by atoms with Gasteiger partial charge >= 0.3 is 5.97 Å². The first kappa shape index (κ1) is 16.9. The fourth-order valence-electron chi connectivity index (χ4n) is 1.85. The van der Waals surface area contributed by atoms with E-state index >= 15 is 0 Å². The Bertz CT molecular complexity index is 458. The average molecular weight is 290 g/mol. The molecule has 0 unspecified atom stereocenters. The number of amides is 1. The normalized spacial score (nSPS) is 10.7. The number of aliphatic carboxylic acids is 1. The lowest BCUT2D eigenvalue weighted by atomic mass is 10.1. The maximum absolute atomic E-state index is 11.5. The molecule has 0 fully saturated rings. The first-order valence-corrected chi connectivity index (χ1v) is 7.26. The topological polar surface area (TPSA) is 79.3 Å². The monoisotopic (exact) mass is 290 g/mol. The number of nitrogens with zero attached hydrogens (tertiary/aromatic N) is 1. The number of carbonyl (C=O) groups excluding carboxylic acids is 1. The van der Waals surface area contributed by atoms with E-state index in [-0.39, 0.29) is 12.3 Å². The molecule has 1 rings (SSSR count). The van der Waals surface area contributed by atoms with E-state index < -0.39 is 5.97 Å². The predicted molar refractivity (Wildman–Crippen MR) is 81.6 cm³/mol. The van der Waals surface area contributed by atoms with Crippen molar-refractivity contribution in [2.24, 2.45) is 0 Å². The lowest BCUT2D eigenvalue weighted by molar-refractivity contribution is -0.137. The van der Waals surface area contributed by atoms with Gasteiger partial charge in [-0.1, -0.05) is 25.3 Å². The molecule has 0 aromatic carbocycles. The summed E-state index contributed by atoms with van der Waals surface area (Å²) in [5.41, 5.74) is 0.895. The van der Waals surface area contributed by atoms with Crippen molar-refractivity contribution in [1.82, 2.24) is 10.3 Å². The molecule has 1 aromatic rings. The maximum atomic E-state index is 11.5. The van der Waals surface area contributed by atoms with Gasteiger partial charge in [-0.05, 0) is 30.5 Å². The second-order valence-electron chi connectivity index (χ2n) is 4.82. The van der Waals surface area contributed by atoms with Gasteiger partial charge in [-0.3, -0.25) is 14.6 Å². The third-order valence-corrected chi connectivity index (χ3v) is 2.98. The Balaban J connectivity index is 2.01. The molecule has 0 radical (unpaired) electrons. The number of pyridine rings is 1. The Morgan fingerprint density at radius 1 is 1.19 bits per heavy atom. The van der Waals surface area contributed by atoms with Gasteiger partial charge in [0.2, 0.25) is 5.91 Å². The van der Waals surface area contributed by atoms with Crippen LogP contribution in [0.3, 0.4) is 0 Å². The van der Waals surface area contributed by atoms with Crippen LogP contribution in [0.1, 0.15) is 44.1 Å². The molecule has 1 amide bonds. The van der Waals surface area contributed by atoms with Crippen molar-refractivity contribution in [3.05, 3.63) is 36.2 Å². The number of carboxylic acid groups (broad SMARTS) is 1. The molecule has 21 heavy (non-hydrogen) atoms. The van der Waals surface area contributed by atoms with Gasteiger partial charge in [-0.15, -0.1) is 0 Å². The molecule has 0 aliphatic carbocycles. The van der Waals surface area contributed by atoms with Crippen molar-refractivity contribution >= 4 is 18.0 Å². The van der Waals surface area contributed by atoms with E-state index in [9.17, 15) is 9.59 Å². The summed E-state index contributed by atoms with van der Waals surface area (Å²) in [6.45, 7) is 0.648. The molecule has 0 spiro atoms. The van der Waals surface area contributed by atoms with E-state index in [0.29, 0.717) is 6.54 Å². The molecule has 0 bridgehead atoms. The number of carbonyl (C=O) groups is 2. The van der Waals surface area contributed by atoms with E-state index in [1.165, 1.54) is 6.08 Å². The number of nitrogens with one attached hydrogen (secondary N) is 1. The van der Waals surface area contributed by atoms with E-state index in [0.717, 1.165) is 37.7 Å². The third kappa shape index (κ3) is 9.38. The van der Waals surface area contributed by atoms with Gasteiger partial charge in [0.25, 0.3) is 0 Å². The van der Waals surface area contributed by atoms with Crippen molar-refractivity contribution < 1.29 is 14.7 Å². The zero-order chi connectivity index (χ0) is 15.3. The Morgan fingerprint density at radius 3 is 2.67 bits per heavy atom. The molecule has 0 aliphatic rings. The van der Waals surface area contributed by atoms with Gasteiger partial charge in [0.15, 0.2) is 0 Å². The van der Waals surface area contributed by atoms with E-state index in [4.69, 9.17) is 5.11 Å². The summed E-state index contributed by atoms with van der Waals surface area (Å²) >= 11 is 0. The SMILES string of the molecule is O=C(O)CCCCCCCNC(=O)C=Cc1cccnc1. The smallest absolute Gasteiger partial charge is 0.303 e. The second-order valence-corrected chi connectivity index (χ2v) is 4.82. The van der Waals surface area contributed by atoms with Gasteiger partial charge in [0.1, 0.15) is 0 Å². The molecule has 1 heterocycles. The van der Waals surface area contributed by atoms with Gasteiger partial charge in [0.05, 0.1) is 0 Å². The fraction of sp³-hybridized carbons (Fsp3) is 0.438. The van der Waals surface area contributed by atoms with Crippen LogP contribution in [-0.4, -0.2) is 28.5 Å². The quantitative estimate of drug-likeness (QED) is 0.513. The average Bonchev–Trinajstić information content (AvgIpc) is 2.48. The summed E-state index contributed by atoms with van der Waals surface area (Å²) in [5.74, 6) is -0.840. The van der Waals surface area contributed by atoms with Crippen LogP contribution in [0.2, 0.25) is 0 Å². The number of aromatic nitrogens is 1. The highest BCUT2D eigenvalue weighted by atomic mass is 16.4. The first-order chi connectivity index (χ1) is 10.2. The molecule has 0 atom stereocenters. The van der Waals surface area contributed by atoms with Crippen LogP contribution >= 0.6 is 0 Å². The molecule has 2 N–H and O–H groups in total. The van der Waals surface area contributed by atoms with E-state index in [1.54, 1.807) is 18.5 Å². The Kier molecular flexibility index (Phi) is 8.52. The van der Waals surface area contributed by atoms with Gasteiger partial charge in [-0.2, -0.15) is 0 Å². The largest absolute Gasteiger partial charge is 0.481 e. The summed E-state index contributed by atoms with van der Waals surface area (Å²) in [6, 6.07) is 3.70. The number of carboxylic acids is 1. The molecule has 0 saturated carbocycles. The number of unbranched alkanes of at least 4 members (excludes halogenated alkanes) is 4. The fourth-order valence-corrected chi connectivity index (χ4v) is 1.85. The number of hydrogen-bond acceptors (Lipinski definition) is 3. The lowest BCUT2D eigenvalue weighted by Gasteiger charge is -2.02. The number of hydrogen-bond donors (Lipinski definition) is 2. The highest BCUT2D eigenvalue weighted by Gasteiger charge is 1.97. The highest BCUT2D eigenvalue weighted by molar-refractivity contribution is 5.91. The van der Waals surface area contributed by atoms with E-state index in [1.807, 2.05) is 12.1 Å². The highest BCUT2D eigenvalue weighted by Crippen LogP contribution is 2.04. The standard InChI is InChI=1S/C16H22N2O3/c19-15(10-9-14-7-6-11-17-13-14)18-12-5-3-1-2-4-8-16(20)21/h6-7,9-11,13H,1-5,8,12H2,(H,18,19)(H,20,21). The second kappa shape index (κ2) is 10.6. The van der Waals surface area contributed by atoms with Crippen LogP contribution in [0, 0.1) is 0 Å². The summed E-state index contributed by atoms with van der Waals surface area (Å²) in [6.07, 6.45) is 11.5. The first-order valence-electron chi connectivity index (χ1n) is 7.26. The summed E-state index contributed by atoms with van der Waals surface area (Å²) in [4.78, 5) is 25.8. The van der Waals surface area contributed by atoms with Gasteiger partial charge < -0.3 is 10.4 Å². The van der Waals surface area contributed by atoms with E-state index in [2.05, 4.69) is 10.3 Å². The minimum absolute atomic E-state index is 0.107. The maximum Gasteiger partial charge on any atom is 0.303 e. The lowest BCUT2D eigenvalue weighted by Crippen LogP contribution is -2.21. The van der Waals surface area contributed by atoms with Crippen LogP contribution in [0.5, 0.6) is 0 Å². The Labute approximate surface area is 125 Å².